The zero-order valence-corrected chi connectivity index (χ0v) is 9.46. The number of rotatable bonds is 4. The first-order chi connectivity index (χ1) is 7.52. The van der Waals surface area contributed by atoms with Gasteiger partial charge >= 0.3 is 0 Å². The van der Waals surface area contributed by atoms with Crippen LogP contribution in [-0.2, 0) is 0 Å². The topological polar surface area (TPSA) is 49.3 Å². The number of carbonyl (C=O) groups excluding carboxylic acids is 1. The summed E-state index contributed by atoms with van der Waals surface area (Å²) in [4.78, 5) is 11.6. The fraction of sp³-hybridized carbons (Fsp3) is 0.417. The Balaban J connectivity index is 2.66. The van der Waals surface area contributed by atoms with Crippen LogP contribution in [0.25, 0.3) is 0 Å². The maximum absolute atomic E-state index is 13.0. The van der Waals surface area contributed by atoms with E-state index < -0.39 is 5.82 Å². The lowest BCUT2D eigenvalue weighted by Crippen LogP contribution is -2.29. The summed E-state index contributed by atoms with van der Waals surface area (Å²) in [5, 5.41) is 11.4. The number of benzene rings is 1. The number of aliphatic hydroxyl groups excluding tert-OH is 1. The van der Waals surface area contributed by atoms with Crippen molar-refractivity contribution in [1.29, 1.82) is 0 Å². The van der Waals surface area contributed by atoms with Crippen molar-refractivity contribution in [3.63, 3.8) is 0 Å². The average Bonchev–Trinajstić information content (AvgIpc) is 2.23. The number of amides is 1. The van der Waals surface area contributed by atoms with Gasteiger partial charge in [-0.2, -0.15) is 0 Å². The van der Waals surface area contributed by atoms with Crippen LogP contribution >= 0.6 is 0 Å². The summed E-state index contributed by atoms with van der Waals surface area (Å²) in [6, 6.07) is 4.20. The normalized spacial score (nSPS) is 12.2. The van der Waals surface area contributed by atoms with Gasteiger partial charge in [-0.05, 0) is 36.6 Å². The van der Waals surface area contributed by atoms with E-state index in [0.29, 0.717) is 17.7 Å². The Bertz CT molecular complexity index is 359. The van der Waals surface area contributed by atoms with Crippen molar-refractivity contribution in [2.45, 2.75) is 13.8 Å². The first kappa shape index (κ1) is 12.6. The van der Waals surface area contributed by atoms with E-state index in [-0.39, 0.29) is 18.4 Å². The predicted octanol–water partition coefficient (Wildman–Crippen LogP) is 1.49. The van der Waals surface area contributed by atoms with Crippen molar-refractivity contribution in [2.75, 3.05) is 13.2 Å². The summed E-state index contributed by atoms with van der Waals surface area (Å²) >= 11 is 0. The molecule has 1 aromatic carbocycles. The lowest BCUT2D eigenvalue weighted by molar-refractivity contribution is 0.0941. The van der Waals surface area contributed by atoms with Gasteiger partial charge < -0.3 is 10.4 Å². The minimum Gasteiger partial charge on any atom is -0.396 e. The molecular weight excluding hydrogens is 209 g/mol. The number of hydrogen-bond donors (Lipinski definition) is 2. The van der Waals surface area contributed by atoms with Crippen LogP contribution in [0.2, 0.25) is 0 Å². The fourth-order valence-electron chi connectivity index (χ4n) is 1.30. The third-order valence-electron chi connectivity index (χ3n) is 2.23. The van der Waals surface area contributed by atoms with Gasteiger partial charge in [0.15, 0.2) is 0 Å². The van der Waals surface area contributed by atoms with Crippen LogP contribution in [0.1, 0.15) is 22.8 Å². The minimum atomic E-state index is -0.416. The van der Waals surface area contributed by atoms with Crippen molar-refractivity contribution < 1.29 is 14.3 Å². The van der Waals surface area contributed by atoms with Crippen molar-refractivity contribution in [3.8, 4) is 0 Å². The maximum Gasteiger partial charge on any atom is 0.251 e. The molecule has 0 heterocycles. The van der Waals surface area contributed by atoms with Gasteiger partial charge in [0.25, 0.3) is 5.91 Å². The Hall–Kier alpha value is -1.42. The molecule has 1 aromatic rings. The van der Waals surface area contributed by atoms with Gasteiger partial charge in [0.1, 0.15) is 5.82 Å². The van der Waals surface area contributed by atoms with E-state index in [9.17, 15) is 9.18 Å². The third kappa shape index (κ3) is 3.62. The highest BCUT2D eigenvalue weighted by Crippen LogP contribution is 2.08. The Morgan fingerprint density at radius 1 is 1.50 bits per heavy atom. The van der Waals surface area contributed by atoms with Crippen LogP contribution < -0.4 is 5.32 Å². The van der Waals surface area contributed by atoms with E-state index in [1.165, 1.54) is 12.1 Å². The fourth-order valence-corrected chi connectivity index (χ4v) is 1.30. The van der Waals surface area contributed by atoms with Gasteiger partial charge in [-0.15, -0.1) is 0 Å². The number of halogens is 1. The van der Waals surface area contributed by atoms with E-state index in [2.05, 4.69) is 5.32 Å². The van der Waals surface area contributed by atoms with Gasteiger partial charge in [0.05, 0.1) is 0 Å². The Morgan fingerprint density at radius 3 is 2.75 bits per heavy atom. The second-order valence-electron chi connectivity index (χ2n) is 4.02. The highest BCUT2D eigenvalue weighted by atomic mass is 19.1. The lowest BCUT2D eigenvalue weighted by Gasteiger charge is -2.10. The SMILES string of the molecule is Cc1cc(F)cc(C(=O)NCC(C)CO)c1. The predicted molar refractivity (Wildman–Crippen MR) is 59.7 cm³/mol. The molecule has 16 heavy (non-hydrogen) atoms. The molecule has 4 heteroatoms. The quantitative estimate of drug-likeness (QED) is 0.815. The van der Waals surface area contributed by atoms with Crippen LogP contribution in [0, 0.1) is 18.7 Å². The molecule has 0 saturated carbocycles. The van der Waals surface area contributed by atoms with Gasteiger partial charge in [-0.3, -0.25) is 4.79 Å². The number of aryl methyl sites for hydroxylation is 1. The van der Waals surface area contributed by atoms with Crippen molar-refractivity contribution in [3.05, 3.63) is 35.1 Å². The van der Waals surface area contributed by atoms with E-state index >= 15 is 0 Å². The molecule has 0 fully saturated rings. The Morgan fingerprint density at radius 2 is 2.19 bits per heavy atom. The van der Waals surface area contributed by atoms with Crippen LogP contribution in [0.3, 0.4) is 0 Å². The highest BCUT2D eigenvalue weighted by molar-refractivity contribution is 5.94. The highest BCUT2D eigenvalue weighted by Gasteiger charge is 2.08. The van der Waals surface area contributed by atoms with Crippen molar-refractivity contribution >= 4 is 5.91 Å². The number of aliphatic hydroxyl groups is 1. The molecule has 0 spiro atoms. The van der Waals surface area contributed by atoms with Crippen molar-refractivity contribution in [1.82, 2.24) is 5.32 Å². The summed E-state index contributed by atoms with van der Waals surface area (Å²) in [7, 11) is 0. The molecule has 88 valence electrons. The van der Waals surface area contributed by atoms with Gasteiger partial charge in [-0.25, -0.2) is 4.39 Å². The Labute approximate surface area is 94.3 Å². The molecule has 1 amide bonds. The van der Waals surface area contributed by atoms with E-state index in [4.69, 9.17) is 5.11 Å². The maximum atomic E-state index is 13.0. The van der Waals surface area contributed by atoms with Crippen LogP contribution in [0.4, 0.5) is 4.39 Å². The average molecular weight is 225 g/mol. The summed E-state index contributed by atoms with van der Waals surface area (Å²) in [6.45, 7) is 3.95. The van der Waals surface area contributed by atoms with Crippen LogP contribution in [0.15, 0.2) is 18.2 Å². The standard InChI is InChI=1S/C12H16FNO2/c1-8-3-10(5-11(13)4-8)12(16)14-6-9(2)7-15/h3-5,9,15H,6-7H2,1-2H3,(H,14,16). The molecule has 3 nitrogen and oxygen atoms in total. The summed E-state index contributed by atoms with van der Waals surface area (Å²) in [5.74, 6) is -0.734. The summed E-state index contributed by atoms with van der Waals surface area (Å²) in [6.07, 6.45) is 0. The zero-order chi connectivity index (χ0) is 12.1. The Kier molecular flexibility index (Phi) is 4.43. The minimum absolute atomic E-state index is 0.00129. The molecule has 2 N–H and O–H groups in total. The smallest absolute Gasteiger partial charge is 0.251 e. The first-order valence-corrected chi connectivity index (χ1v) is 5.19. The zero-order valence-electron chi connectivity index (χ0n) is 9.46. The first-order valence-electron chi connectivity index (χ1n) is 5.19. The molecule has 1 unspecified atom stereocenters. The summed E-state index contributed by atoms with van der Waals surface area (Å²) < 4.78 is 13.0. The molecule has 0 saturated heterocycles. The lowest BCUT2D eigenvalue weighted by atomic mass is 10.1. The van der Waals surface area contributed by atoms with Gasteiger partial charge in [-0.1, -0.05) is 6.92 Å². The molecular formula is C12H16FNO2. The largest absolute Gasteiger partial charge is 0.396 e. The molecule has 0 aromatic heterocycles. The van der Waals surface area contributed by atoms with Crippen LogP contribution in [0.5, 0.6) is 0 Å². The van der Waals surface area contributed by atoms with Gasteiger partial charge in [0.2, 0.25) is 0 Å². The van der Waals surface area contributed by atoms with E-state index in [1.807, 2.05) is 6.92 Å². The number of nitrogens with one attached hydrogen (secondary N) is 1. The molecule has 0 radical (unpaired) electrons. The molecule has 1 atom stereocenters. The molecule has 1 rings (SSSR count). The molecule has 0 aliphatic carbocycles. The number of hydrogen-bond acceptors (Lipinski definition) is 2. The summed E-state index contributed by atoms with van der Waals surface area (Å²) in [5.41, 5.74) is 1.02. The third-order valence-corrected chi connectivity index (χ3v) is 2.23. The molecule has 0 bridgehead atoms. The van der Waals surface area contributed by atoms with E-state index in [1.54, 1.807) is 13.0 Å². The number of carbonyl (C=O) groups is 1. The van der Waals surface area contributed by atoms with Crippen molar-refractivity contribution in [2.24, 2.45) is 5.92 Å². The second-order valence-corrected chi connectivity index (χ2v) is 4.02. The molecule has 0 aliphatic heterocycles. The molecule has 0 aliphatic rings. The van der Waals surface area contributed by atoms with Crippen LogP contribution in [-0.4, -0.2) is 24.2 Å². The van der Waals surface area contributed by atoms with E-state index in [0.717, 1.165) is 0 Å². The van der Waals surface area contributed by atoms with Gasteiger partial charge in [0, 0.05) is 18.7 Å². The monoisotopic (exact) mass is 225 g/mol. The second kappa shape index (κ2) is 5.61.